The van der Waals surface area contributed by atoms with Crippen molar-refractivity contribution in [1.82, 2.24) is 0 Å². The van der Waals surface area contributed by atoms with E-state index in [4.69, 9.17) is 34.8 Å². The number of rotatable bonds is 6. The fraction of sp³-hybridized carbons (Fsp3) is 0.538. The van der Waals surface area contributed by atoms with Crippen LogP contribution in [0.5, 0.6) is 0 Å². The molecule has 0 bridgehead atoms. The Morgan fingerprint density at radius 2 is 1.88 bits per heavy atom. The summed E-state index contributed by atoms with van der Waals surface area (Å²) in [6.45, 7) is 2.15. The number of hydrogen-bond acceptors (Lipinski definition) is 0. The second kappa shape index (κ2) is 7.23. The van der Waals surface area contributed by atoms with Gasteiger partial charge in [0.05, 0.1) is 0 Å². The molecule has 0 atom stereocenters. The number of alkyl halides is 2. The van der Waals surface area contributed by atoms with Gasteiger partial charge in [-0.05, 0) is 30.5 Å². The number of halogens is 4. The Bertz CT molecular complexity index is 362. The highest BCUT2D eigenvalue weighted by molar-refractivity contribution is 9.10. The van der Waals surface area contributed by atoms with Crippen LogP contribution >= 0.6 is 50.7 Å². The first-order valence-electron chi connectivity index (χ1n) is 5.63. The Morgan fingerprint density at radius 3 is 2.35 bits per heavy atom. The van der Waals surface area contributed by atoms with Gasteiger partial charge >= 0.3 is 0 Å². The van der Waals surface area contributed by atoms with E-state index in [1.165, 1.54) is 0 Å². The van der Waals surface area contributed by atoms with Crippen LogP contribution in [0.25, 0.3) is 0 Å². The lowest BCUT2D eigenvalue weighted by atomic mass is 9.81. The zero-order valence-corrected chi connectivity index (χ0v) is 13.6. The van der Waals surface area contributed by atoms with Gasteiger partial charge in [0.1, 0.15) is 0 Å². The standard InChI is InChI=1S/C13H16BrCl3/c1-2-5-13(8-15,9-16)7-10-3-4-11(14)6-12(10)17/h3-4,6H,2,5,7-9H2,1H3. The Hall–Kier alpha value is 0.570. The molecule has 1 aromatic rings. The molecule has 0 amide bonds. The summed E-state index contributed by atoms with van der Waals surface area (Å²) in [7, 11) is 0. The van der Waals surface area contributed by atoms with Crippen molar-refractivity contribution in [3.63, 3.8) is 0 Å². The molecule has 0 unspecified atom stereocenters. The highest BCUT2D eigenvalue weighted by atomic mass is 79.9. The predicted molar refractivity (Wildman–Crippen MR) is 81.6 cm³/mol. The van der Waals surface area contributed by atoms with Gasteiger partial charge in [0.2, 0.25) is 0 Å². The summed E-state index contributed by atoms with van der Waals surface area (Å²) in [4.78, 5) is 0. The van der Waals surface area contributed by atoms with Crippen molar-refractivity contribution in [2.75, 3.05) is 11.8 Å². The molecule has 0 fully saturated rings. The van der Waals surface area contributed by atoms with Gasteiger partial charge in [0.25, 0.3) is 0 Å². The molecule has 0 N–H and O–H groups in total. The fourth-order valence-electron chi connectivity index (χ4n) is 1.95. The van der Waals surface area contributed by atoms with Crippen LogP contribution in [0.15, 0.2) is 22.7 Å². The van der Waals surface area contributed by atoms with Crippen LogP contribution in [0.3, 0.4) is 0 Å². The lowest BCUT2D eigenvalue weighted by molar-refractivity contribution is 0.341. The Morgan fingerprint density at radius 1 is 1.24 bits per heavy atom. The number of hydrogen-bond donors (Lipinski definition) is 0. The van der Waals surface area contributed by atoms with Gasteiger partial charge in [0, 0.05) is 26.7 Å². The van der Waals surface area contributed by atoms with E-state index >= 15 is 0 Å². The van der Waals surface area contributed by atoms with Crippen LogP contribution in [0.4, 0.5) is 0 Å². The molecule has 0 nitrogen and oxygen atoms in total. The van der Waals surface area contributed by atoms with E-state index in [0.29, 0.717) is 11.8 Å². The van der Waals surface area contributed by atoms with Gasteiger partial charge in [-0.1, -0.05) is 46.9 Å². The molecule has 0 heterocycles. The van der Waals surface area contributed by atoms with E-state index in [9.17, 15) is 0 Å². The fourth-order valence-corrected chi connectivity index (χ4v) is 3.43. The molecule has 0 aliphatic rings. The molecule has 0 aliphatic carbocycles. The van der Waals surface area contributed by atoms with E-state index in [2.05, 4.69) is 22.9 Å². The van der Waals surface area contributed by atoms with Crippen LogP contribution in [-0.4, -0.2) is 11.8 Å². The maximum atomic E-state index is 6.23. The van der Waals surface area contributed by atoms with Crippen LogP contribution in [0.1, 0.15) is 25.3 Å². The number of benzene rings is 1. The summed E-state index contributed by atoms with van der Waals surface area (Å²) >= 11 is 21.8. The van der Waals surface area contributed by atoms with Gasteiger partial charge in [-0.3, -0.25) is 0 Å². The third kappa shape index (κ3) is 4.31. The average molecular weight is 359 g/mol. The average Bonchev–Trinajstić information content (AvgIpc) is 2.32. The van der Waals surface area contributed by atoms with Crippen LogP contribution in [0.2, 0.25) is 5.02 Å². The van der Waals surface area contributed by atoms with E-state index in [1.54, 1.807) is 0 Å². The van der Waals surface area contributed by atoms with E-state index in [1.807, 2.05) is 18.2 Å². The van der Waals surface area contributed by atoms with Gasteiger partial charge in [-0.15, -0.1) is 23.2 Å². The van der Waals surface area contributed by atoms with Gasteiger partial charge < -0.3 is 0 Å². The molecule has 0 saturated heterocycles. The molecule has 0 aromatic heterocycles. The molecule has 1 rings (SSSR count). The molecule has 96 valence electrons. The Balaban J connectivity index is 2.92. The van der Waals surface area contributed by atoms with Gasteiger partial charge in [-0.25, -0.2) is 0 Å². The summed E-state index contributed by atoms with van der Waals surface area (Å²) in [5, 5.41) is 0.773. The first-order valence-corrected chi connectivity index (χ1v) is 7.87. The molecule has 1 aromatic carbocycles. The summed E-state index contributed by atoms with van der Waals surface area (Å²) in [6, 6.07) is 5.95. The topological polar surface area (TPSA) is 0 Å². The van der Waals surface area contributed by atoms with E-state index in [-0.39, 0.29) is 5.41 Å². The first-order chi connectivity index (χ1) is 8.06. The largest absolute Gasteiger partial charge is 0.126 e. The van der Waals surface area contributed by atoms with Crippen molar-refractivity contribution in [3.8, 4) is 0 Å². The molecule has 0 saturated carbocycles. The third-order valence-electron chi connectivity index (χ3n) is 2.93. The summed E-state index contributed by atoms with van der Waals surface area (Å²) in [5.74, 6) is 1.13. The summed E-state index contributed by atoms with van der Waals surface area (Å²) < 4.78 is 0.990. The molecule has 0 aliphatic heterocycles. The highest BCUT2D eigenvalue weighted by Crippen LogP contribution is 2.34. The highest BCUT2D eigenvalue weighted by Gasteiger charge is 2.28. The van der Waals surface area contributed by atoms with Crippen molar-refractivity contribution in [2.45, 2.75) is 26.2 Å². The van der Waals surface area contributed by atoms with Crippen LogP contribution < -0.4 is 0 Å². The summed E-state index contributed by atoms with van der Waals surface area (Å²) in [6.07, 6.45) is 2.93. The summed E-state index contributed by atoms with van der Waals surface area (Å²) in [5.41, 5.74) is 1.07. The zero-order valence-electron chi connectivity index (χ0n) is 9.78. The first kappa shape index (κ1) is 15.6. The van der Waals surface area contributed by atoms with Crippen LogP contribution in [0, 0.1) is 5.41 Å². The van der Waals surface area contributed by atoms with E-state index < -0.39 is 0 Å². The lowest BCUT2D eigenvalue weighted by Gasteiger charge is -2.29. The smallest absolute Gasteiger partial charge is 0.0449 e. The van der Waals surface area contributed by atoms with Crippen molar-refractivity contribution < 1.29 is 0 Å². The van der Waals surface area contributed by atoms with Crippen molar-refractivity contribution in [1.29, 1.82) is 0 Å². The minimum atomic E-state index is -0.0463. The van der Waals surface area contributed by atoms with E-state index in [0.717, 1.165) is 34.3 Å². The SMILES string of the molecule is CCCC(CCl)(CCl)Cc1ccc(Br)cc1Cl. The quantitative estimate of drug-likeness (QED) is 0.555. The third-order valence-corrected chi connectivity index (χ3v) is 4.91. The van der Waals surface area contributed by atoms with Gasteiger partial charge in [-0.2, -0.15) is 0 Å². The van der Waals surface area contributed by atoms with Gasteiger partial charge in [0.15, 0.2) is 0 Å². The molecule has 0 spiro atoms. The zero-order chi connectivity index (χ0) is 12.9. The second-order valence-electron chi connectivity index (χ2n) is 4.43. The molecule has 0 radical (unpaired) electrons. The predicted octanol–water partition coefficient (Wildman–Crippen LogP) is 5.91. The second-order valence-corrected chi connectivity index (χ2v) is 6.29. The lowest BCUT2D eigenvalue weighted by Crippen LogP contribution is -2.28. The van der Waals surface area contributed by atoms with Crippen molar-refractivity contribution >= 4 is 50.7 Å². The van der Waals surface area contributed by atoms with Crippen molar-refractivity contribution in [3.05, 3.63) is 33.3 Å². The maximum absolute atomic E-state index is 6.23. The van der Waals surface area contributed by atoms with Crippen LogP contribution in [-0.2, 0) is 6.42 Å². The molecular formula is C13H16BrCl3. The minimum Gasteiger partial charge on any atom is -0.126 e. The normalized spacial score (nSPS) is 11.8. The molecular weight excluding hydrogens is 342 g/mol. The maximum Gasteiger partial charge on any atom is 0.0449 e. The monoisotopic (exact) mass is 356 g/mol. The Labute approximate surface area is 127 Å². The molecule has 4 heteroatoms. The minimum absolute atomic E-state index is 0.0463. The Kier molecular flexibility index (Phi) is 6.65. The molecule has 17 heavy (non-hydrogen) atoms. The van der Waals surface area contributed by atoms with Crippen molar-refractivity contribution in [2.24, 2.45) is 5.41 Å².